The number of carbonyl (C=O) groups is 1. The Bertz CT molecular complexity index is 1530. The van der Waals surface area contributed by atoms with Gasteiger partial charge in [0.1, 0.15) is 23.2 Å². The van der Waals surface area contributed by atoms with Crippen LogP contribution in [0.2, 0.25) is 0 Å². The summed E-state index contributed by atoms with van der Waals surface area (Å²) >= 11 is 0. The third-order valence-electron chi connectivity index (χ3n) is 8.06. The molecule has 204 valence electrons. The molecule has 2 unspecified atom stereocenters. The fraction of sp³-hybridized carbons (Fsp3) is 0.387. The fourth-order valence-electron chi connectivity index (χ4n) is 5.69. The number of rotatable bonds is 7. The minimum absolute atomic E-state index is 0.00124. The second-order valence-electron chi connectivity index (χ2n) is 10.7. The maximum absolute atomic E-state index is 14.1. The number of fused-ring (bicyclic) bond motifs is 2. The van der Waals surface area contributed by atoms with Crippen molar-refractivity contribution < 1.29 is 19.0 Å². The molecule has 4 aromatic rings. The van der Waals surface area contributed by atoms with Gasteiger partial charge >= 0.3 is 5.97 Å². The van der Waals surface area contributed by atoms with Gasteiger partial charge in [-0.25, -0.2) is 9.07 Å². The number of hydrogen-bond acceptors (Lipinski definition) is 5. The van der Waals surface area contributed by atoms with Crippen LogP contribution in [0.5, 0.6) is 5.75 Å². The largest absolute Gasteiger partial charge is 0.489 e. The normalized spacial score (nSPS) is 17.3. The monoisotopic (exact) mass is 530 g/mol. The average molecular weight is 531 g/mol. The number of hydrogen-bond donors (Lipinski definition) is 1. The molecule has 0 fully saturated rings. The van der Waals surface area contributed by atoms with E-state index >= 15 is 0 Å². The number of aliphatic carboxylic acids is 1. The van der Waals surface area contributed by atoms with Gasteiger partial charge in [0.05, 0.1) is 11.4 Å². The van der Waals surface area contributed by atoms with Crippen LogP contribution < -0.4 is 4.74 Å². The van der Waals surface area contributed by atoms with Gasteiger partial charge in [0.15, 0.2) is 0 Å². The van der Waals surface area contributed by atoms with Crippen LogP contribution in [0.25, 0.3) is 11.0 Å². The summed E-state index contributed by atoms with van der Waals surface area (Å²) in [6, 6.07) is 14.9. The lowest BCUT2D eigenvalue weighted by molar-refractivity contribution is -0.141. The minimum atomic E-state index is -0.852. The van der Waals surface area contributed by atoms with Crippen molar-refractivity contribution >= 4 is 17.0 Å². The van der Waals surface area contributed by atoms with Gasteiger partial charge in [0.25, 0.3) is 0 Å². The first-order valence-electron chi connectivity index (χ1n) is 13.4. The van der Waals surface area contributed by atoms with E-state index in [0.717, 1.165) is 56.6 Å². The van der Waals surface area contributed by atoms with Gasteiger partial charge in [0, 0.05) is 38.2 Å². The highest BCUT2D eigenvalue weighted by Crippen LogP contribution is 2.37. The maximum Gasteiger partial charge on any atom is 0.307 e. The van der Waals surface area contributed by atoms with E-state index < -0.39 is 11.9 Å². The predicted octanol–water partition coefficient (Wildman–Crippen LogP) is 5.75. The van der Waals surface area contributed by atoms with Crippen LogP contribution in [0.1, 0.15) is 59.6 Å². The molecule has 0 saturated carbocycles. The molecule has 39 heavy (non-hydrogen) atoms. The summed E-state index contributed by atoms with van der Waals surface area (Å²) in [5.74, 6) is -1.40. The summed E-state index contributed by atoms with van der Waals surface area (Å²) in [5.41, 5.74) is 7.59. The maximum atomic E-state index is 14.1. The molecule has 1 aliphatic heterocycles. The van der Waals surface area contributed by atoms with E-state index in [9.17, 15) is 14.3 Å². The van der Waals surface area contributed by atoms with Crippen LogP contribution in [0, 0.1) is 25.6 Å². The molecule has 7 nitrogen and oxygen atoms in total. The van der Waals surface area contributed by atoms with Gasteiger partial charge in [0.2, 0.25) is 0 Å². The lowest BCUT2D eigenvalue weighted by Crippen LogP contribution is -2.32. The Hall–Kier alpha value is -3.78. The molecule has 5 rings (SSSR count). The number of nitrogens with zero attached hydrogens (tertiary/aromatic N) is 4. The second kappa shape index (κ2) is 10.8. The van der Waals surface area contributed by atoms with Crippen molar-refractivity contribution in [2.45, 2.75) is 59.2 Å². The van der Waals surface area contributed by atoms with Crippen LogP contribution in [-0.2, 0) is 24.9 Å². The molecule has 0 saturated heterocycles. The zero-order chi connectivity index (χ0) is 27.8. The van der Waals surface area contributed by atoms with E-state index in [-0.39, 0.29) is 17.8 Å². The first kappa shape index (κ1) is 26.8. The molecule has 1 N–H and O–H groups in total. The van der Waals surface area contributed by atoms with Crippen LogP contribution >= 0.6 is 0 Å². The Morgan fingerprint density at radius 3 is 2.72 bits per heavy atom. The van der Waals surface area contributed by atoms with Crippen LogP contribution in [-0.4, -0.2) is 43.6 Å². The molecule has 1 aromatic heterocycles. The van der Waals surface area contributed by atoms with Crippen molar-refractivity contribution in [3.8, 4) is 5.75 Å². The second-order valence-corrected chi connectivity index (χ2v) is 10.7. The first-order chi connectivity index (χ1) is 18.7. The van der Waals surface area contributed by atoms with Gasteiger partial charge < -0.3 is 9.84 Å². The van der Waals surface area contributed by atoms with Gasteiger partial charge in [-0.3, -0.25) is 9.69 Å². The summed E-state index contributed by atoms with van der Waals surface area (Å²) in [6.07, 6.45) is 0.843. The molecule has 1 aliphatic rings. The summed E-state index contributed by atoms with van der Waals surface area (Å²) < 4.78 is 22.0. The van der Waals surface area contributed by atoms with Crippen molar-refractivity contribution in [1.29, 1.82) is 0 Å². The van der Waals surface area contributed by atoms with Crippen LogP contribution in [0.3, 0.4) is 0 Å². The van der Waals surface area contributed by atoms with Gasteiger partial charge in [-0.15, -0.1) is 5.10 Å². The molecular formula is C31H35FN4O3. The first-order valence-corrected chi connectivity index (χ1v) is 13.4. The Morgan fingerprint density at radius 1 is 1.18 bits per heavy atom. The summed E-state index contributed by atoms with van der Waals surface area (Å²) in [6.45, 7) is 9.85. The Kier molecular flexibility index (Phi) is 7.40. The highest BCUT2D eigenvalue weighted by molar-refractivity contribution is 5.80. The van der Waals surface area contributed by atoms with Gasteiger partial charge in [-0.05, 0) is 72.4 Å². The lowest BCUT2D eigenvalue weighted by Gasteiger charge is -2.27. The van der Waals surface area contributed by atoms with E-state index in [1.54, 1.807) is 23.7 Å². The number of carboxylic acid groups (broad SMARTS) is 1. The molecule has 8 heteroatoms. The minimum Gasteiger partial charge on any atom is -0.489 e. The summed E-state index contributed by atoms with van der Waals surface area (Å²) in [4.78, 5) is 14.6. The van der Waals surface area contributed by atoms with Gasteiger partial charge in [-0.2, -0.15) is 0 Å². The molecule has 3 atom stereocenters. The molecule has 0 aliphatic carbocycles. The standard InChI is InChI=1S/C31H35FN4O3/c1-6-25-17-36(16-23-14-24(32)9-12-28(23)39-25)15-22-13-21(8-7-18(22)2)29(20(4)31(37)38)26-10-11-27-30(19(26)3)33-34-35(27)5/h7-14,20,25,29H,6,15-17H2,1-5H3,(H,37,38)/t20?,25-,29?/m1/s1. The number of carboxylic acids is 1. The van der Waals surface area contributed by atoms with E-state index in [2.05, 4.69) is 41.2 Å². The summed E-state index contributed by atoms with van der Waals surface area (Å²) in [5, 5.41) is 18.6. The van der Waals surface area contributed by atoms with E-state index in [0.29, 0.717) is 19.6 Å². The average Bonchev–Trinajstić information content (AvgIpc) is 3.19. The predicted molar refractivity (Wildman–Crippen MR) is 148 cm³/mol. The van der Waals surface area contributed by atoms with E-state index in [1.165, 1.54) is 6.07 Å². The van der Waals surface area contributed by atoms with Crippen LogP contribution in [0.15, 0.2) is 48.5 Å². The number of aromatic nitrogens is 3. The van der Waals surface area contributed by atoms with Crippen molar-refractivity contribution in [2.24, 2.45) is 13.0 Å². The van der Waals surface area contributed by atoms with Gasteiger partial charge in [-0.1, -0.05) is 43.3 Å². The quantitative estimate of drug-likeness (QED) is 0.328. The molecular weight excluding hydrogens is 495 g/mol. The SMILES string of the molecule is CC[C@@H]1CN(Cc2cc(C(c3ccc4c(nnn4C)c3C)C(C)C(=O)O)ccc2C)Cc2cc(F)ccc2O1. The van der Waals surface area contributed by atoms with E-state index in [1.807, 2.05) is 32.2 Å². The molecule has 0 amide bonds. The van der Waals surface area contributed by atoms with Crippen molar-refractivity contribution in [1.82, 2.24) is 19.9 Å². The fourth-order valence-corrected chi connectivity index (χ4v) is 5.69. The highest BCUT2D eigenvalue weighted by atomic mass is 19.1. The van der Waals surface area contributed by atoms with Crippen molar-refractivity contribution in [3.05, 3.63) is 87.7 Å². The Balaban J connectivity index is 1.53. The molecule has 0 bridgehead atoms. The Morgan fingerprint density at radius 2 is 1.97 bits per heavy atom. The molecule has 2 heterocycles. The molecule has 3 aromatic carbocycles. The van der Waals surface area contributed by atoms with Crippen molar-refractivity contribution in [3.63, 3.8) is 0 Å². The Labute approximate surface area is 228 Å². The zero-order valence-electron chi connectivity index (χ0n) is 23.1. The third kappa shape index (κ3) is 5.26. The van der Waals surface area contributed by atoms with Crippen molar-refractivity contribution in [2.75, 3.05) is 6.54 Å². The summed E-state index contributed by atoms with van der Waals surface area (Å²) in [7, 11) is 1.85. The molecule has 0 radical (unpaired) electrons. The zero-order valence-corrected chi connectivity index (χ0v) is 23.1. The number of halogens is 1. The van der Waals surface area contributed by atoms with Crippen LogP contribution in [0.4, 0.5) is 4.39 Å². The lowest BCUT2D eigenvalue weighted by atomic mass is 9.79. The molecule has 0 spiro atoms. The smallest absolute Gasteiger partial charge is 0.307 e. The number of ether oxygens (including phenoxy) is 1. The topological polar surface area (TPSA) is 80.5 Å². The number of aryl methyl sites for hydroxylation is 3. The number of benzene rings is 3. The van der Waals surface area contributed by atoms with E-state index in [4.69, 9.17) is 4.74 Å². The third-order valence-corrected chi connectivity index (χ3v) is 8.06. The highest BCUT2D eigenvalue weighted by Gasteiger charge is 2.30.